The van der Waals surface area contributed by atoms with Crippen LogP contribution in [0.2, 0.25) is 0 Å². The van der Waals surface area contributed by atoms with Crippen molar-refractivity contribution < 1.29 is 13.2 Å². The minimum absolute atomic E-state index is 0.0508. The van der Waals surface area contributed by atoms with Gasteiger partial charge in [0.1, 0.15) is 0 Å². The van der Waals surface area contributed by atoms with Gasteiger partial charge in [0.15, 0.2) is 5.03 Å². The first-order valence-corrected chi connectivity index (χ1v) is 7.24. The van der Waals surface area contributed by atoms with Gasteiger partial charge in [0, 0.05) is 32.5 Å². The lowest BCUT2D eigenvalue weighted by atomic mass is 10.1. The highest BCUT2D eigenvalue weighted by Gasteiger charge is 2.31. The number of hydrogen-bond acceptors (Lipinski definition) is 5. The number of anilines is 1. The number of nitrogens with two attached hydrogens (primary N) is 1. The molecule has 2 heterocycles. The van der Waals surface area contributed by atoms with E-state index in [4.69, 9.17) is 10.5 Å². The minimum Gasteiger partial charge on any atom is -0.396 e. The van der Waals surface area contributed by atoms with Gasteiger partial charge in [-0.25, -0.2) is 13.4 Å². The van der Waals surface area contributed by atoms with Gasteiger partial charge >= 0.3 is 0 Å². The summed E-state index contributed by atoms with van der Waals surface area (Å²) >= 11 is 0. The van der Waals surface area contributed by atoms with Crippen molar-refractivity contribution >= 4 is 15.7 Å². The summed E-state index contributed by atoms with van der Waals surface area (Å²) in [4.78, 5) is 3.88. The van der Waals surface area contributed by atoms with Crippen LogP contribution < -0.4 is 5.73 Å². The van der Waals surface area contributed by atoms with Gasteiger partial charge in [-0.05, 0) is 25.0 Å². The lowest BCUT2D eigenvalue weighted by Gasteiger charge is -2.30. The zero-order chi connectivity index (χ0) is 13.2. The number of pyridine rings is 1. The molecule has 1 aromatic rings. The van der Waals surface area contributed by atoms with Gasteiger partial charge in [-0.3, -0.25) is 0 Å². The predicted molar refractivity (Wildman–Crippen MR) is 67.4 cm³/mol. The average molecular weight is 271 g/mol. The van der Waals surface area contributed by atoms with Crippen molar-refractivity contribution in [3.05, 3.63) is 18.3 Å². The lowest BCUT2D eigenvalue weighted by Crippen LogP contribution is -2.41. The highest BCUT2D eigenvalue weighted by molar-refractivity contribution is 7.89. The molecule has 7 heteroatoms. The topological polar surface area (TPSA) is 85.5 Å². The van der Waals surface area contributed by atoms with Crippen LogP contribution in [0.3, 0.4) is 0 Å². The average Bonchev–Trinajstić information content (AvgIpc) is 2.39. The molecule has 1 fully saturated rings. The monoisotopic (exact) mass is 271 g/mol. The fourth-order valence-electron chi connectivity index (χ4n) is 2.00. The Morgan fingerprint density at radius 2 is 2.11 bits per heavy atom. The maximum absolute atomic E-state index is 12.4. The number of rotatable bonds is 3. The molecule has 0 aliphatic carbocycles. The third kappa shape index (κ3) is 2.47. The second kappa shape index (κ2) is 5.21. The van der Waals surface area contributed by atoms with Crippen molar-refractivity contribution in [3.8, 4) is 0 Å². The molecule has 18 heavy (non-hydrogen) atoms. The van der Waals surface area contributed by atoms with Crippen LogP contribution in [-0.4, -0.2) is 44.0 Å². The predicted octanol–water partition coefficient (Wildman–Crippen LogP) is 0.463. The summed E-state index contributed by atoms with van der Waals surface area (Å²) in [7, 11) is -2.06. The summed E-state index contributed by atoms with van der Waals surface area (Å²) in [5, 5.41) is -0.0704. The maximum Gasteiger partial charge on any atom is 0.262 e. The van der Waals surface area contributed by atoms with Crippen LogP contribution in [-0.2, 0) is 14.8 Å². The van der Waals surface area contributed by atoms with E-state index in [0.717, 1.165) is 0 Å². The smallest absolute Gasteiger partial charge is 0.262 e. The number of nitrogens with zero attached hydrogens (tertiary/aromatic N) is 2. The van der Waals surface area contributed by atoms with Gasteiger partial charge in [0.25, 0.3) is 10.0 Å². The Morgan fingerprint density at radius 3 is 2.72 bits per heavy atom. The van der Waals surface area contributed by atoms with Crippen LogP contribution in [0.15, 0.2) is 23.4 Å². The fourth-order valence-corrected chi connectivity index (χ4v) is 3.44. The molecule has 6 nitrogen and oxygen atoms in total. The molecule has 2 N–H and O–H groups in total. The molecule has 0 unspecified atom stereocenters. The molecule has 1 saturated heterocycles. The number of ether oxygens (including phenoxy) is 1. The summed E-state index contributed by atoms with van der Waals surface area (Å²) in [5.41, 5.74) is 5.86. The number of aromatic nitrogens is 1. The van der Waals surface area contributed by atoms with Crippen molar-refractivity contribution in [2.24, 2.45) is 0 Å². The van der Waals surface area contributed by atoms with E-state index in [1.807, 2.05) is 0 Å². The number of sulfonamides is 1. The Morgan fingerprint density at radius 1 is 1.44 bits per heavy atom. The SMILES string of the molecule is CN(C1CCOCC1)S(=O)(=O)c1ncccc1N. The molecule has 2 rings (SSSR count). The molecule has 0 amide bonds. The third-order valence-electron chi connectivity index (χ3n) is 3.13. The highest BCUT2D eigenvalue weighted by atomic mass is 32.2. The second-order valence-corrected chi connectivity index (χ2v) is 6.18. The van der Waals surface area contributed by atoms with Crippen LogP contribution >= 0.6 is 0 Å². The van der Waals surface area contributed by atoms with Crippen LogP contribution in [0.4, 0.5) is 5.69 Å². The fraction of sp³-hybridized carbons (Fsp3) is 0.545. The van der Waals surface area contributed by atoms with Gasteiger partial charge in [0.05, 0.1) is 5.69 Å². The third-order valence-corrected chi connectivity index (χ3v) is 5.02. The Labute approximate surface area is 107 Å². The van der Waals surface area contributed by atoms with Gasteiger partial charge in [0.2, 0.25) is 0 Å². The Hall–Kier alpha value is -1.18. The van der Waals surface area contributed by atoms with Crippen LogP contribution in [0.1, 0.15) is 12.8 Å². The Bertz CT molecular complexity index is 512. The van der Waals surface area contributed by atoms with Gasteiger partial charge in [-0.15, -0.1) is 0 Å². The Kier molecular flexibility index (Phi) is 3.84. The minimum atomic E-state index is -3.63. The number of nitrogen functional groups attached to an aromatic ring is 1. The molecular weight excluding hydrogens is 254 g/mol. The zero-order valence-corrected chi connectivity index (χ0v) is 11.1. The van der Waals surface area contributed by atoms with Crippen LogP contribution in [0.25, 0.3) is 0 Å². The van der Waals surface area contributed by atoms with E-state index in [1.165, 1.54) is 16.6 Å². The molecular formula is C11H17N3O3S. The van der Waals surface area contributed by atoms with Crippen LogP contribution in [0.5, 0.6) is 0 Å². The summed E-state index contributed by atoms with van der Waals surface area (Å²) in [5.74, 6) is 0. The van der Waals surface area contributed by atoms with Crippen molar-refractivity contribution in [1.82, 2.24) is 9.29 Å². The first kappa shape index (κ1) is 13.3. The standard InChI is InChI=1S/C11H17N3O3S/c1-14(9-4-7-17-8-5-9)18(15,16)11-10(12)3-2-6-13-11/h2-3,6,9H,4-5,7-8,12H2,1H3. The van der Waals surface area contributed by atoms with Gasteiger partial charge < -0.3 is 10.5 Å². The first-order valence-electron chi connectivity index (χ1n) is 5.80. The van der Waals surface area contributed by atoms with Crippen molar-refractivity contribution in [2.75, 3.05) is 26.0 Å². The van der Waals surface area contributed by atoms with E-state index in [-0.39, 0.29) is 16.8 Å². The van der Waals surface area contributed by atoms with Crippen molar-refractivity contribution in [3.63, 3.8) is 0 Å². The normalized spacial score (nSPS) is 18.1. The largest absolute Gasteiger partial charge is 0.396 e. The quantitative estimate of drug-likeness (QED) is 0.863. The number of hydrogen-bond donors (Lipinski definition) is 1. The molecule has 0 radical (unpaired) electrons. The zero-order valence-electron chi connectivity index (χ0n) is 10.2. The molecule has 100 valence electrons. The van der Waals surface area contributed by atoms with Gasteiger partial charge in [-0.1, -0.05) is 0 Å². The van der Waals surface area contributed by atoms with Gasteiger partial charge in [-0.2, -0.15) is 4.31 Å². The summed E-state index contributed by atoms with van der Waals surface area (Å²) in [6.45, 7) is 1.17. The van der Waals surface area contributed by atoms with E-state index in [9.17, 15) is 8.42 Å². The molecule has 1 aliphatic heterocycles. The van der Waals surface area contributed by atoms with E-state index < -0.39 is 10.0 Å². The lowest BCUT2D eigenvalue weighted by molar-refractivity contribution is 0.0631. The molecule has 0 spiro atoms. The summed E-state index contributed by atoms with van der Waals surface area (Å²) < 4.78 is 31.4. The van der Waals surface area contributed by atoms with E-state index in [2.05, 4.69) is 4.98 Å². The summed E-state index contributed by atoms with van der Waals surface area (Å²) in [6, 6.07) is 3.10. The molecule has 0 bridgehead atoms. The highest BCUT2D eigenvalue weighted by Crippen LogP contribution is 2.23. The van der Waals surface area contributed by atoms with E-state index >= 15 is 0 Å². The first-order chi connectivity index (χ1) is 8.53. The Balaban J connectivity index is 2.28. The molecule has 0 saturated carbocycles. The van der Waals surface area contributed by atoms with E-state index in [0.29, 0.717) is 26.1 Å². The summed E-state index contributed by atoms with van der Waals surface area (Å²) in [6.07, 6.45) is 2.83. The van der Waals surface area contributed by atoms with E-state index in [1.54, 1.807) is 13.1 Å². The van der Waals surface area contributed by atoms with Crippen molar-refractivity contribution in [1.29, 1.82) is 0 Å². The molecule has 1 aromatic heterocycles. The van der Waals surface area contributed by atoms with Crippen molar-refractivity contribution in [2.45, 2.75) is 23.9 Å². The molecule has 1 aliphatic rings. The second-order valence-electron chi connectivity index (χ2n) is 4.26. The van der Waals surface area contributed by atoms with Crippen LogP contribution in [0, 0.1) is 0 Å². The maximum atomic E-state index is 12.4. The molecule has 0 atom stereocenters. The molecule has 0 aromatic carbocycles.